The predicted octanol–water partition coefficient (Wildman–Crippen LogP) is 1.55. The summed E-state index contributed by atoms with van der Waals surface area (Å²) in [7, 11) is 0. The van der Waals surface area contributed by atoms with E-state index in [9.17, 15) is 0 Å². The van der Waals surface area contributed by atoms with Crippen molar-refractivity contribution in [2.75, 3.05) is 6.54 Å². The molecule has 2 rings (SSSR count). The number of pyridine rings is 1. The molecule has 1 aliphatic rings. The van der Waals surface area contributed by atoms with Crippen molar-refractivity contribution in [1.82, 2.24) is 10.3 Å². The molecule has 2 heteroatoms. The largest absolute Gasteiger partial charge is 0.314 e. The highest BCUT2D eigenvalue weighted by molar-refractivity contribution is 5.19. The molecule has 0 saturated carbocycles. The molecule has 0 amide bonds. The third kappa shape index (κ3) is 1.34. The molecule has 64 valence electrons. The van der Waals surface area contributed by atoms with Crippen LogP contribution in [0.1, 0.15) is 24.8 Å². The number of nitrogens with zero attached hydrogens (tertiary/aromatic N) is 1. The molecule has 1 aromatic rings. The number of hydrogen-bond acceptors (Lipinski definition) is 2. The maximum atomic E-state index is 4.02. The lowest BCUT2D eigenvalue weighted by atomic mass is 9.94. The quantitative estimate of drug-likeness (QED) is 0.677. The van der Waals surface area contributed by atoms with E-state index >= 15 is 0 Å². The Labute approximate surface area is 73.0 Å². The molecule has 0 bridgehead atoms. The lowest BCUT2D eigenvalue weighted by Crippen LogP contribution is -2.21. The second kappa shape index (κ2) is 3.23. The molecule has 12 heavy (non-hydrogen) atoms. The molecule has 2 unspecified atom stereocenters. The van der Waals surface area contributed by atoms with Crippen LogP contribution in [0.5, 0.6) is 0 Å². The minimum atomic E-state index is 0.618. The second-order valence-corrected chi connectivity index (χ2v) is 3.42. The molecule has 2 atom stereocenters. The van der Waals surface area contributed by atoms with Crippen molar-refractivity contribution in [3.05, 3.63) is 30.1 Å². The van der Waals surface area contributed by atoms with Crippen LogP contribution < -0.4 is 5.32 Å². The van der Waals surface area contributed by atoms with Crippen LogP contribution in [-0.4, -0.2) is 17.6 Å². The Hall–Kier alpha value is -0.890. The van der Waals surface area contributed by atoms with Crippen LogP contribution >= 0.6 is 0 Å². The molecule has 1 N–H and O–H groups in total. The topological polar surface area (TPSA) is 24.9 Å². The Morgan fingerprint density at radius 2 is 2.17 bits per heavy atom. The first-order chi connectivity index (χ1) is 5.88. The molecule has 1 aromatic heterocycles. The van der Waals surface area contributed by atoms with Crippen LogP contribution in [0.25, 0.3) is 0 Å². The lowest BCUT2D eigenvalue weighted by molar-refractivity contribution is 0.594. The van der Waals surface area contributed by atoms with E-state index in [4.69, 9.17) is 0 Å². The van der Waals surface area contributed by atoms with Gasteiger partial charge in [0.15, 0.2) is 0 Å². The maximum absolute atomic E-state index is 4.02. The van der Waals surface area contributed by atoms with Crippen molar-refractivity contribution >= 4 is 0 Å². The second-order valence-electron chi connectivity index (χ2n) is 3.42. The van der Waals surface area contributed by atoms with Crippen LogP contribution in [0.4, 0.5) is 0 Å². The molecule has 0 spiro atoms. The summed E-state index contributed by atoms with van der Waals surface area (Å²) in [6.45, 7) is 3.40. The Kier molecular flexibility index (Phi) is 2.09. The summed E-state index contributed by atoms with van der Waals surface area (Å²) in [4.78, 5) is 4.02. The van der Waals surface area contributed by atoms with Gasteiger partial charge in [-0.3, -0.25) is 4.98 Å². The summed E-state index contributed by atoms with van der Waals surface area (Å²) in [5.41, 5.74) is 1.42. The van der Waals surface area contributed by atoms with Gasteiger partial charge >= 0.3 is 0 Å². The van der Waals surface area contributed by atoms with E-state index in [1.165, 1.54) is 12.0 Å². The first-order valence-corrected chi connectivity index (χ1v) is 4.51. The van der Waals surface area contributed by atoms with Gasteiger partial charge in [-0.1, -0.05) is 0 Å². The fourth-order valence-corrected chi connectivity index (χ4v) is 1.92. The highest BCUT2D eigenvalue weighted by atomic mass is 14.9. The minimum Gasteiger partial charge on any atom is -0.314 e. The average Bonchev–Trinajstić information content (AvgIpc) is 2.53. The molecular weight excluding hydrogens is 148 g/mol. The van der Waals surface area contributed by atoms with Gasteiger partial charge < -0.3 is 5.32 Å². The predicted molar refractivity (Wildman–Crippen MR) is 49.1 cm³/mol. The fraction of sp³-hybridized carbons (Fsp3) is 0.500. The first kappa shape index (κ1) is 7.74. The van der Waals surface area contributed by atoms with Gasteiger partial charge in [0.05, 0.1) is 0 Å². The van der Waals surface area contributed by atoms with Gasteiger partial charge in [-0.05, 0) is 37.6 Å². The van der Waals surface area contributed by atoms with E-state index in [0.717, 1.165) is 6.54 Å². The van der Waals surface area contributed by atoms with E-state index in [-0.39, 0.29) is 0 Å². The number of rotatable bonds is 1. The Bertz CT molecular complexity index is 245. The summed E-state index contributed by atoms with van der Waals surface area (Å²) in [6.07, 6.45) is 5.01. The smallest absolute Gasteiger partial charge is 0.0270 e. The van der Waals surface area contributed by atoms with E-state index in [2.05, 4.69) is 29.4 Å². The summed E-state index contributed by atoms with van der Waals surface area (Å²) >= 11 is 0. The van der Waals surface area contributed by atoms with E-state index in [1.54, 1.807) is 0 Å². The van der Waals surface area contributed by atoms with Gasteiger partial charge in [-0.25, -0.2) is 0 Å². The first-order valence-electron chi connectivity index (χ1n) is 4.51. The SMILES string of the molecule is CC1NCCC1c1ccncc1. The summed E-state index contributed by atoms with van der Waals surface area (Å²) in [5.74, 6) is 0.688. The van der Waals surface area contributed by atoms with Crippen LogP contribution in [0, 0.1) is 0 Å². The highest BCUT2D eigenvalue weighted by Gasteiger charge is 2.23. The highest BCUT2D eigenvalue weighted by Crippen LogP contribution is 2.26. The maximum Gasteiger partial charge on any atom is 0.0270 e. The molecule has 1 saturated heterocycles. The molecule has 1 aliphatic heterocycles. The Morgan fingerprint density at radius 3 is 2.75 bits per heavy atom. The zero-order valence-corrected chi connectivity index (χ0v) is 7.33. The Balaban J connectivity index is 2.19. The van der Waals surface area contributed by atoms with Gasteiger partial charge in [0.2, 0.25) is 0 Å². The van der Waals surface area contributed by atoms with Crippen molar-refractivity contribution < 1.29 is 0 Å². The number of hydrogen-bond donors (Lipinski definition) is 1. The van der Waals surface area contributed by atoms with Gasteiger partial charge in [-0.15, -0.1) is 0 Å². The summed E-state index contributed by atoms with van der Waals surface area (Å²) in [5, 5.41) is 3.45. The number of aromatic nitrogens is 1. The fourth-order valence-electron chi connectivity index (χ4n) is 1.92. The van der Waals surface area contributed by atoms with Gasteiger partial charge in [-0.2, -0.15) is 0 Å². The monoisotopic (exact) mass is 162 g/mol. The molecule has 2 nitrogen and oxygen atoms in total. The van der Waals surface area contributed by atoms with Crippen molar-refractivity contribution in [2.45, 2.75) is 25.3 Å². The van der Waals surface area contributed by atoms with E-state index < -0.39 is 0 Å². The third-order valence-corrected chi connectivity index (χ3v) is 2.66. The normalized spacial score (nSPS) is 29.1. The molecule has 0 radical (unpaired) electrons. The molecule has 0 aromatic carbocycles. The molecule has 0 aliphatic carbocycles. The zero-order valence-electron chi connectivity index (χ0n) is 7.33. The molecular formula is C10H14N2. The molecule has 1 fully saturated rings. The molecule has 2 heterocycles. The summed E-state index contributed by atoms with van der Waals surface area (Å²) < 4.78 is 0. The number of nitrogens with one attached hydrogen (secondary N) is 1. The van der Waals surface area contributed by atoms with Crippen LogP contribution in [-0.2, 0) is 0 Å². The average molecular weight is 162 g/mol. The van der Waals surface area contributed by atoms with Gasteiger partial charge in [0.1, 0.15) is 0 Å². The van der Waals surface area contributed by atoms with Crippen molar-refractivity contribution in [3.8, 4) is 0 Å². The lowest BCUT2D eigenvalue weighted by Gasteiger charge is -2.14. The van der Waals surface area contributed by atoms with Crippen molar-refractivity contribution in [2.24, 2.45) is 0 Å². The Morgan fingerprint density at radius 1 is 1.42 bits per heavy atom. The van der Waals surface area contributed by atoms with Crippen molar-refractivity contribution in [1.29, 1.82) is 0 Å². The standard InChI is InChI=1S/C10H14N2/c1-8-10(4-7-12-8)9-2-5-11-6-3-9/h2-3,5-6,8,10,12H,4,7H2,1H3. The minimum absolute atomic E-state index is 0.618. The van der Waals surface area contributed by atoms with Gasteiger partial charge in [0, 0.05) is 24.4 Å². The zero-order chi connectivity index (χ0) is 8.39. The summed E-state index contributed by atoms with van der Waals surface area (Å²) in [6, 6.07) is 4.86. The van der Waals surface area contributed by atoms with Crippen LogP contribution in [0.15, 0.2) is 24.5 Å². The van der Waals surface area contributed by atoms with E-state index in [0.29, 0.717) is 12.0 Å². The third-order valence-electron chi connectivity index (χ3n) is 2.66. The van der Waals surface area contributed by atoms with Crippen molar-refractivity contribution in [3.63, 3.8) is 0 Å². The van der Waals surface area contributed by atoms with E-state index in [1.807, 2.05) is 12.4 Å². The van der Waals surface area contributed by atoms with Gasteiger partial charge in [0.25, 0.3) is 0 Å². The van der Waals surface area contributed by atoms with Crippen LogP contribution in [0.3, 0.4) is 0 Å². The van der Waals surface area contributed by atoms with Crippen LogP contribution in [0.2, 0.25) is 0 Å².